The smallest absolute Gasteiger partial charge is 0.227 e. The average molecular weight is 356 g/mol. The monoisotopic (exact) mass is 355 g/mol. The van der Waals surface area contributed by atoms with Gasteiger partial charge in [0.1, 0.15) is 5.52 Å². The minimum Gasteiger partial charge on any atom is -0.436 e. The Hall–Kier alpha value is -2.37. The highest BCUT2D eigenvalue weighted by Crippen LogP contribution is 2.27. The van der Waals surface area contributed by atoms with Gasteiger partial charge in [0, 0.05) is 22.3 Å². The van der Waals surface area contributed by atoms with E-state index in [1.54, 1.807) is 6.20 Å². The van der Waals surface area contributed by atoms with Crippen molar-refractivity contribution in [2.75, 3.05) is 5.32 Å². The van der Waals surface area contributed by atoms with Crippen LogP contribution in [-0.2, 0) is 6.54 Å². The molecule has 0 aliphatic carbocycles. The Morgan fingerprint density at radius 3 is 2.75 bits per heavy atom. The van der Waals surface area contributed by atoms with Gasteiger partial charge in [0.15, 0.2) is 10.0 Å². The summed E-state index contributed by atoms with van der Waals surface area (Å²) in [6, 6.07) is 14.0. The van der Waals surface area contributed by atoms with Crippen molar-refractivity contribution in [3.05, 3.63) is 63.6 Å². The van der Waals surface area contributed by atoms with Crippen molar-refractivity contribution in [2.24, 2.45) is 0 Å². The minimum absolute atomic E-state index is 0.557. The Kier molecular flexibility index (Phi) is 3.96. The first-order chi connectivity index (χ1) is 11.7. The van der Waals surface area contributed by atoms with Crippen LogP contribution in [0.3, 0.4) is 0 Å². The summed E-state index contributed by atoms with van der Waals surface area (Å²) in [7, 11) is 0. The molecule has 6 heteroatoms. The molecule has 0 saturated carbocycles. The third-order valence-corrected chi connectivity index (χ3v) is 4.79. The molecule has 4 aromatic rings. The summed E-state index contributed by atoms with van der Waals surface area (Å²) in [5.41, 5.74) is 4.78. The van der Waals surface area contributed by atoms with E-state index < -0.39 is 0 Å². The number of halogens is 1. The Labute approximate surface area is 148 Å². The number of aryl methyl sites for hydroxylation is 1. The molecule has 24 heavy (non-hydrogen) atoms. The third kappa shape index (κ3) is 3.13. The highest BCUT2D eigenvalue weighted by Gasteiger charge is 2.09. The van der Waals surface area contributed by atoms with Crippen LogP contribution in [0.1, 0.15) is 10.4 Å². The van der Waals surface area contributed by atoms with E-state index in [0.717, 1.165) is 27.2 Å². The molecule has 120 valence electrons. The van der Waals surface area contributed by atoms with Gasteiger partial charge in [-0.05, 0) is 37.3 Å². The SMILES string of the molecule is Cc1ccc(-c2nc3cc(NCc4cnc(Cl)s4)ccc3o2)cc1. The maximum absolute atomic E-state index is 5.85. The molecule has 2 heterocycles. The molecule has 0 atom stereocenters. The fraction of sp³-hybridized carbons (Fsp3) is 0.111. The Bertz CT molecular complexity index is 991. The largest absolute Gasteiger partial charge is 0.436 e. The summed E-state index contributed by atoms with van der Waals surface area (Å²) >= 11 is 7.32. The van der Waals surface area contributed by atoms with Crippen LogP contribution in [0.25, 0.3) is 22.6 Å². The number of benzene rings is 2. The van der Waals surface area contributed by atoms with Crippen molar-refractivity contribution in [1.82, 2.24) is 9.97 Å². The van der Waals surface area contributed by atoms with Gasteiger partial charge in [-0.15, -0.1) is 11.3 Å². The molecular formula is C18H14ClN3OS. The van der Waals surface area contributed by atoms with Crippen molar-refractivity contribution < 1.29 is 4.42 Å². The van der Waals surface area contributed by atoms with E-state index in [1.165, 1.54) is 16.9 Å². The zero-order valence-corrected chi connectivity index (χ0v) is 14.5. The van der Waals surface area contributed by atoms with Gasteiger partial charge < -0.3 is 9.73 Å². The number of oxazole rings is 1. The number of nitrogens with one attached hydrogen (secondary N) is 1. The molecule has 0 fully saturated rings. The highest BCUT2D eigenvalue weighted by atomic mass is 35.5. The van der Waals surface area contributed by atoms with Gasteiger partial charge in [-0.2, -0.15) is 0 Å². The second-order valence-electron chi connectivity index (χ2n) is 5.50. The summed E-state index contributed by atoms with van der Waals surface area (Å²) in [6.07, 6.45) is 1.78. The molecule has 0 saturated heterocycles. The van der Waals surface area contributed by atoms with E-state index in [-0.39, 0.29) is 0 Å². The molecule has 4 rings (SSSR count). The van der Waals surface area contributed by atoms with Crippen LogP contribution < -0.4 is 5.32 Å². The van der Waals surface area contributed by atoms with Crippen molar-refractivity contribution in [3.63, 3.8) is 0 Å². The summed E-state index contributed by atoms with van der Waals surface area (Å²) in [5.74, 6) is 0.636. The van der Waals surface area contributed by atoms with Crippen LogP contribution in [-0.4, -0.2) is 9.97 Å². The number of thiazole rings is 1. The molecule has 4 nitrogen and oxygen atoms in total. The predicted octanol–water partition coefficient (Wildman–Crippen LogP) is 5.53. The molecular weight excluding hydrogens is 342 g/mol. The molecule has 0 unspecified atom stereocenters. The molecule has 0 bridgehead atoms. The van der Waals surface area contributed by atoms with Crippen LogP contribution >= 0.6 is 22.9 Å². The van der Waals surface area contributed by atoms with E-state index in [9.17, 15) is 0 Å². The Balaban J connectivity index is 1.57. The first kappa shape index (κ1) is 15.2. The lowest BCUT2D eigenvalue weighted by molar-refractivity contribution is 0.620. The summed E-state index contributed by atoms with van der Waals surface area (Å²) < 4.78 is 6.41. The number of nitrogens with zero attached hydrogens (tertiary/aromatic N) is 2. The number of rotatable bonds is 4. The van der Waals surface area contributed by atoms with Gasteiger partial charge in [0.05, 0.1) is 6.54 Å². The van der Waals surface area contributed by atoms with E-state index in [4.69, 9.17) is 16.0 Å². The lowest BCUT2D eigenvalue weighted by atomic mass is 10.1. The zero-order valence-electron chi connectivity index (χ0n) is 12.9. The van der Waals surface area contributed by atoms with Crippen molar-refractivity contribution in [1.29, 1.82) is 0 Å². The van der Waals surface area contributed by atoms with Gasteiger partial charge in [-0.1, -0.05) is 29.3 Å². The zero-order chi connectivity index (χ0) is 16.5. The number of hydrogen-bond donors (Lipinski definition) is 1. The van der Waals surface area contributed by atoms with Gasteiger partial charge in [0.25, 0.3) is 0 Å². The highest BCUT2D eigenvalue weighted by molar-refractivity contribution is 7.15. The maximum Gasteiger partial charge on any atom is 0.227 e. The Morgan fingerprint density at radius 1 is 1.17 bits per heavy atom. The Morgan fingerprint density at radius 2 is 2.00 bits per heavy atom. The van der Waals surface area contributed by atoms with Crippen LogP contribution in [0.2, 0.25) is 4.47 Å². The predicted molar refractivity (Wildman–Crippen MR) is 98.6 cm³/mol. The number of aromatic nitrogens is 2. The van der Waals surface area contributed by atoms with Crippen molar-refractivity contribution >= 4 is 39.7 Å². The number of hydrogen-bond acceptors (Lipinski definition) is 5. The molecule has 2 aromatic carbocycles. The number of fused-ring (bicyclic) bond motifs is 1. The quantitative estimate of drug-likeness (QED) is 0.523. The van der Waals surface area contributed by atoms with Crippen LogP contribution in [0, 0.1) is 6.92 Å². The fourth-order valence-corrected chi connectivity index (χ4v) is 3.33. The third-order valence-electron chi connectivity index (χ3n) is 3.68. The van der Waals surface area contributed by atoms with E-state index in [2.05, 4.69) is 34.3 Å². The van der Waals surface area contributed by atoms with E-state index in [0.29, 0.717) is 16.9 Å². The molecule has 0 amide bonds. The van der Waals surface area contributed by atoms with Gasteiger partial charge in [-0.25, -0.2) is 9.97 Å². The summed E-state index contributed by atoms with van der Waals surface area (Å²) in [6.45, 7) is 2.74. The molecule has 2 aromatic heterocycles. The van der Waals surface area contributed by atoms with Crippen LogP contribution in [0.5, 0.6) is 0 Å². The molecule has 0 aliphatic heterocycles. The minimum atomic E-state index is 0.557. The molecule has 0 radical (unpaired) electrons. The van der Waals surface area contributed by atoms with Gasteiger partial charge in [0.2, 0.25) is 5.89 Å². The van der Waals surface area contributed by atoms with Crippen LogP contribution in [0.15, 0.2) is 53.1 Å². The molecule has 0 aliphatic rings. The van der Waals surface area contributed by atoms with Gasteiger partial charge in [-0.3, -0.25) is 0 Å². The first-order valence-electron chi connectivity index (χ1n) is 7.49. The number of anilines is 1. The summed E-state index contributed by atoms with van der Waals surface area (Å²) in [4.78, 5) is 9.72. The molecule has 0 spiro atoms. The van der Waals surface area contributed by atoms with Crippen molar-refractivity contribution in [3.8, 4) is 11.5 Å². The standard InChI is InChI=1S/C18H14ClN3OS/c1-11-2-4-12(5-3-11)17-22-15-8-13(6-7-16(15)23-17)20-9-14-10-21-18(19)24-14/h2-8,10,20H,9H2,1H3. The maximum atomic E-state index is 5.85. The van der Waals surface area contributed by atoms with E-state index >= 15 is 0 Å². The second kappa shape index (κ2) is 6.26. The van der Waals surface area contributed by atoms with Crippen LogP contribution in [0.4, 0.5) is 5.69 Å². The topological polar surface area (TPSA) is 51.0 Å². The van der Waals surface area contributed by atoms with Crippen molar-refractivity contribution in [2.45, 2.75) is 13.5 Å². The fourth-order valence-electron chi connectivity index (χ4n) is 2.41. The lowest BCUT2D eigenvalue weighted by Gasteiger charge is -2.03. The molecule has 1 N–H and O–H groups in total. The summed E-state index contributed by atoms with van der Waals surface area (Å²) in [5, 5.41) is 3.35. The lowest BCUT2D eigenvalue weighted by Crippen LogP contribution is -1.96. The van der Waals surface area contributed by atoms with Gasteiger partial charge >= 0.3 is 0 Å². The average Bonchev–Trinajstić information content (AvgIpc) is 3.19. The second-order valence-corrected chi connectivity index (χ2v) is 7.20. The first-order valence-corrected chi connectivity index (χ1v) is 8.68. The normalized spacial score (nSPS) is 11.1. The van der Waals surface area contributed by atoms with E-state index in [1.807, 2.05) is 30.3 Å².